The molecule has 1 aliphatic rings. The maximum atomic E-state index is 11.3. The highest BCUT2D eigenvalue weighted by Crippen LogP contribution is 2.36. The Morgan fingerprint density at radius 2 is 2.53 bits per heavy atom. The average molecular weight is 264 g/mol. The molecule has 1 aliphatic carbocycles. The molecule has 0 bridgehead atoms. The van der Waals surface area contributed by atoms with Crippen LogP contribution in [0.5, 0.6) is 0 Å². The summed E-state index contributed by atoms with van der Waals surface area (Å²) in [7, 11) is 0. The molecule has 0 aromatic carbocycles. The summed E-state index contributed by atoms with van der Waals surface area (Å²) in [5.74, 6) is -0.925. The highest BCUT2D eigenvalue weighted by atomic mass is 16.4. The maximum Gasteiger partial charge on any atom is 0.326 e. The van der Waals surface area contributed by atoms with Gasteiger partial charge in [-0.2, -0.15) is 0 Å². The van der Waals surface area contributed by atoms with Gasteiger partial charge in [-0.15, -0.1) is 0 Å². The van der Waals surface area contributed by atoms with E-state index < -0.39 is 12.0 Å². The number of carbonyl (C=O) groups is 1. The lowest BCUT2D eigenvalue weighted by molar-refractivity contribution is -0.139. The summed E-state index contributed by atoms with van der Waals surface area (Å²) in [6.45, 7) is 0.837. The molecule has 0 spiro atoms. The highest BCUT2D eigenvalue weighted by molar-refractivity contribution is 5.74. The van der Waals surface area contributed by atoms with Crippen molar-refractivity contribution >= 4 is 5.97 Å². The Morgan fingerprint density at radius 3 is 3.16 bits per heavy atom. The Morgan fingerprint density at radius 1 is 1.74 bits per heavy atom. The molecule has 1 heterocycles. The molecule has 1 aromatic rings. The number of rotatable bonds is 8. The fourth-order valence-corrected chi connectivity index (χ4v) is 1.96. The molecule has 1 fully saturated rings. The smallest absolute Gasteiger partial charge is 0.326 e. The van der Waals surface area contributed by atoms with Crippen LogP contribution < -0.4 is 5.32 Å². The second-order valence-electron chi connectivity index (χ2n) is 4.49. The quantitative estimate of drug-likeness (QED) is 0.321. The molecule has 1 saturated carbocycles. The van der Waals surface area contributed by atoms with Gasteiger partial charge in [-0.05, 0) is 31.3 Å². The number of carboxylic acids is 1. The van der Waals surface area contributed by atoms with Crippen molar-refractivity contribution in [1.82, 2.24) is 14.9 Å². The number of aromatic nitrogens is 2. The molecule has 0 saturated heterocycles. The normalized spacial score (nSPS) is 15.8. The van der Waals surface area contributed by atoms with Gasteiger partial charge in [0.1, 0.15) is 6.04 Å². The van der Waals surface area contributed by atoms with E-state index in [4.69, 9.17) is 5.53 Å². The Bertz CT molecular complexity index is 489. The molecular formula is C11H16N6O2. The van der Waals surface area contributed by atoms with Crippen molar-refractivity contribution in [3.8, 4) is 0 Å². The van der Waals surface area contributed by atoms with Crippen molar-refractivity contribution in [2.24, 2.45) is 5.11 Å². The maximum absolute atomic E-state index is 11.3. The minimum atomic E-state index is -0.925. The predicted octanol–water partition coefficient (Wildman–Crippen LogP) is 1.63. The van der Waals surface area contributed by atoms with Crippen molar-refractivity contribution in [2.75, 3.05) is 13.1 Å². The fraction of sp³-hybridized carbons (Fsp3) is 0.636. The molecule has 0 amide bonds. The van der Waals surface area contributed by atoms with Crippen LogP contribution in [0.3, 0.4) is 0 Å². The molecule has 0 aliphatic heterocycles. The van der Waals surface area contributed by atoms with Crippen molar-refractivity contribution < 1.29 is 9.90 Å². The summed E-state index contributed by atoms with van der Waals surface area (Å²) in [5.41, 5.74) is 8.83. The number of imidazole rings is 1. The van der Waals surface area contributed by atoms with E-state index in [-0.39, 0.29) is 0 Å². The number of azide groups is 1. The van der Waals surface area contributed by atoms with Gasteiger partial charge in [0.05, 0.1) is 18.2 Å². The van der Waals surface area contributed by atoms with Gasteiger partial charge in [0.15, 0.2) is 0 Å². The number of aliphatic carboxylic acids is 1. The van der Waals surface area contributed by atoms with Crippen LogP contribution in [0.1, 0.15) is 37.0 Å². The second-order valence-corrected chi connectivity index (χ2v) is 4.49. The van der Waals surface area contributed by atoms with E-state index in [0.29, 0.717) is 31.2 Å². The van der Waals surface area contributed by atoms with Gasteiger partial charge in [-0.1, -0.05) is 5.11 Å². The Balaban J connectivity index is 1.97. The lowest BCUT2D eigenvalue weighted by Crippen LogP contribution is -2.31. The molecule has 1 unspecified atom stereocenters. The summed E-state index contributed by atoms with van der Waals surface area (Å²) in [6.07, 6.45) is 6.03. The lowest BCUT2D eigenvalue weighted by atomic mass is 10.2. The van der Waals surface area contributed by atoms with Crippen molar-refractivity contribution in [3.63, 3.8) is 0 Å². The van der Waals surface area contributed by atoms with E-state index in [1.165, 1.54) is 0 Å². The number of nitrogens with zero attached hydrogens (tertiary/aromatic N) is 5. The Kier molecular flexibility index (Phi) is 4.38. The van der Waals surface area contributed by atoms with Crippen LogP contribution in [0.2, 0.25) is 0 Å². The summed E-state index contributed by atoms with van der Waals surface area (Å²) in [6, 6.07) is -0.376. The van der Waals surface area contributed by atoms with Gasteiger partial charge in [0.2, 0.25) is 0 Å². The summed E-state index contributed by atoms with van der Waals surface area (Å²) >= 11 is 0. The predicted molar refractivity (Wildman–Crippen MR) is 67.5 cm³/mol. The largest absolute Gasteiger partial charge is 0.480 e. The number of hydrogen-bond acceptors (Lipinski definition) is 4. The Hall–Kier alpha value is -2.05. The number of carboxylic acid groups (broad SMARTS) is 1. The van der Waals surface area contributed by atoms with Gasteiger partial charge < -0.3 is 9.67 Å². The molecule has 8 nitrogen and oxygen atoms in total. The number of nitrogens with one attached hydrogen (secondary N) is 1. The molecule has 0 radical (unpaired) electrons. The third kappa shape index (κ3) is 3.46. The molecule has 1 aromatic heterocycles. The molecule has 2 N–H and O–H groups in total. The minimum Gasteiger partial charge on any atom is -0.480 e. The van der Waals surface area contributed by atoms with E-state index in [2.05, 4.69) is 20.3 Å². The molecule has 2 rings (SSSR count). The van der Waals surface area contributed by atoms with Crippen LogP contribution in [0, 0.1) is 0 Å². The first-order valence-electron chi connectivity index (χ1n) is 6.23. The van der Waals surface area contributed by atoms with Gasteiger partial charge in [-0.3, -0.25) is 10.1 Å². The van der Waals surface area contributed by atoms with E-state index in [1.807, 2.05) is 4.57 Å². The SMILES string of the molecule is [N-]=[N+]=NCCCNC(C(=O)O)c1cncn1C1CC1. The summed E-state index contributed by atoms with van der Waals surface area (Å²) in [5, 5.41) is 15.7. The van der Waals surface area contributed by atoms with E-state index >= 15 is 0 Å². The molecule has 1 atom stereocenters. The van der Waals surface area contributed by atoms with Crippen LogP contribution in [-0.4, -0.2) is 33.7 Å². The molecule has 102 valence electrons. The average Bonchev–Trinajstić information content (AvgIpc) is 3.12. The van der Waals surface area contributed by atoms with Crippen molar-refractivity contribution in [1.29, 1.82) is 0 Å². The van der Waals surface area contributed by atoms with Crippen LogP contribution in [0.4, 0.5) is 0 Å². The fourth-order valence-electron chi connectivity index (χ4n) is 1.96. The second kappa shape index (κ2) is 6.21. The molecule has 8 heteroatoms. The topological polar surface area (TPSA) is 116 Å². The van der Waals surface area contributed by atoms with Crippen molar-refractivity contribution in [2.45, 2.75) is 31.3 Å². The number of hydrogen-bond donors (Lipinski definition) is 2. The van der Waals surface area contributed by atoms with Gasteiger partial charge >= 0.3 is 5.97 Å². The molecule has 19 heavy (non-hydrogen) atoms. The summed E-state index contributed by atoms with van der Waals surface area (Å²) < 4.78 is 1.93. The zero-order valence-corrected chi connectivity index (χ0v) is 10.4. The zero-order valence-electron chi connectivity index (χ0n) is 10.4. The standard InChI is InChI=1S/C11H16N6O2/c12-16-15-5-1-4-14-10(11(18)19)9-6-13-7-17(9)8-2-3-8/h6-8,10,14H,1-5H2,(H,18,19). The van der Waals surface area contributed by atoms with E-state index in [1.54, 1.807) is 12.5 Å². The van der Waals surface area contributed by atoms with Crippen LogP contribution in [0.25, 0.3) is 10.4 Å². The van der Waals surface area contributed by atoms with Crippen LogP contribution in [0.15, 0.2) is 17.6 Å². The lowest BCUT2D eigenvalue weighted by Gasteiger charge is -2.16. The highest BCUT2D eigenvalue weighted by Gasteiger charge is 2.30. The van der Waals surface area contributed by atoms with E-state index in [9.17, 15) is 9.90 Å². The van der Waals surface area contributed by atoms with Crippen LogP contribution in [-0.2, 0) is 4.79 Å². The monoisotopic (exact) mass is 264 g/mol. The first-order chi connectivity index (χ1) is 9.24. The van der Waals surface area contributed by atoms with Gasteiger partial charge in [-0.25, -0.2) is 4.98 Å². The van der Waals surface area contributed by atoms with Gasteiger partial charge in [0.25, 0.3) is 0 Å². The summed E-state index contributed by atoms with van der Waals surface area (Å²) in [4.78, 5) is 18.0. The van der Waals surface area contributed by atoms with E-state index in [0.717, 1.165) is 12.8 Å². The molecular weight excluding hydrogens is 248 g/mol. The third-order valence-corrected chi connectivity index (χ3v) is 3.03. The Labute approximate surface area is 110 Å². The van der Waals surface area contributed by atoms with Crippen molar-refractivity contribution in [3.05, 3.63) is 28.7 Å². The first-order valence-corrected chi connectivity index (χ1v) is 6.23. The first kappa shape index (κ1) is 13.4. The van der Waals surface area contributed by atoms with Gasteiger partial charge in [0, 0.05) is 17.5 Å². The third-order valence-electron chi connectivity index (χ3n) is 3.03. The van der Waals surface area contributed by atoms with Crippen LogP contribution >= 0.6 is 0 Å². The zero-order chi connectivity index (χ0) is 13.7. The minimum absolute atomic E-state index is 0.359.